The zero-order chi connectivity index (χ0) is 20.1. The fraction of sp³-hybridized carbons (Fsp3) is 0.429. The average Bonchev–Trinajstić information content (AvgIpc) is 2.68. The number of benzene rings is 2. The standard InChI is InChI=1S/C21H24ClNO5/c1-2-27-16-6-3-13(4-7-16)9-15-10-14(5-8-18(15)22)21-20(25)19(24)11-17(28-21)12-23-26/h3-8,10,17,19-21,24-25H,2,9,11-12H2,1H3. The van der Waals surface area contributed by atoms with Crippen molar-refractivity contribution in [1.29, 1.82) is 0 Å². The molecule has 0 aliphatic carbocycles. The lowest BCUT2D eigenvalue weighted by molar-refractivity contribution is -0.168. The number of hydrogen-bond donors (Lipinski definition) is 2. The second-order valence-electron chi connectivity index (χ2n) is 6.89. The molecule has 4 unspecified atom stereocenters. The molecular formula is C21H24ClNO5. The Kier molecular flexibility index (Phi) is 7.02. The van der Waals surface area contributed by atoms with Crippen molar-refractivity contribution in [3.05, 3.63) is 69.1 Å². The molecule has 3 rings (SSSR count). The van der Waals surface area contributed by atoms with E-state index in [-0.39, 0.29) is 13.0 Å². The van der Waals surface area contributed by atoms with Gasteiger partial charge in [-0.15, -0.1) is 0 Å². The third kappa shape index (κ3) is 4.89. The summed E-state index contributed by atoms with van der Waals surface area (Å²) in [5, 5.41) is 24.0. The highest BCUT2D eigenvalue weighted by Gasteiger charge is 2.37. The molecule has 2 aromatic rings. The molecule has 1 fully saturated rings. The number of halogens is 1. The number of nitrogens with zero attached hydrogens (tertiary/aromatic N) is 1. The zero-order valence-corrected chi connectivity index (χ0v) is 16.4. The Morgan fingerprint density at radius 1 is 1.21 bits per heavy atom. The number of ether oxygens (including phenoxy) is 2. The summed E-state index contributed by atoms with van der Waals surface area (Å²) >= 11 is 6.38. The van der Waals surface area contributed by atoms with Crippen LogP contribution in [-0.2, 0) is 11.2 Å². The van der Waals surface area contributed by atoms with Gasteiger partial charge in [-0.3, -0.25) is 0 Å². The van der Waals surface area contributed by atoms with Crippen molar-refractivity contribution < 1.29 is 19.7 Å². The van der Waals surface area contributed by atoms with E-state index in [0.717, 1.165) is 16.9 Å². The molecule has 1 aliphatic rings. The smallest absolute Gasteiger partial charge is 0.119 e. The Labute approximate surface area is 169 Å². The predicted molar refractivity (Wildman–Crippen MR) is 107 cm³/mol. The Balaban J connectivity index is 1.81. The molecule has 7 heteroatoms. The Bertz CT molecular complexity index is 798. The van der Waals surface area contributed by atoms with E-state index in [2.05, 4.69) is 5.18 Å². The van der Waals surface area contributed by atoms with Crippen LogP contribution in [-0.4, -0.2) is 41.7 Å². The largest absolute Gasteiger partial charge is 0.494 e. The highest BCUT2D eigenvalue weighted by molar-refractivity contribution is 6.31. The van der Waals surface area contributed by atoms with Crippen LogP contribution in [0.4, 0.5) is 0 Å². The first-order valence-electron chi connectivity index (χ1n) is 9.32. The molecular weight excluding hydrogens is 382 g/mol. The van der Waals surface area contributed by atoms with Crippen LogP contribution in [0.1, 0.15) is 36.1 Å². The molecule has 2 N–H and O–H groups in total. The molecule has 0 radical (unpaired) electrons. The quantitative estimate of drug-likeness (QED) is 0.686. The normalized spacial score (nSPS) is 24.7. The molecule has 1 heterocycles. The molecule has 0 amide bonds. The summed E-state index contributed by atoms with van der Waals surface area (Å²) in [4.78, 5) is 10.6. The average molecular weight is 406 g/mol. The summed E-state index contributed by atoms with van der Waals surface area (Å²) < 4.78 is 11.3. The van der Waals surface area contributed by atoms with Crippen molar-refractivity contribution in [2.75, 3.05) is 13.2 Å². The summed E-state index contributed by atoms with van der Waals surface area (Å²) in [7, 11) is 0. The summed E-state index contributed by atoms with van der Waals surface area (Å²) in [6.45, 7) is 2.49. The molecule has 150 valence electrons. The first kappa shape index (κ1) is 20.7. The summed E-state index contributed by atoms with van der Waals surface area (Å²) in [6, 6.07) is 13.2. The molecule has 0 saturated carbocycles. The first-order chi connectivity index (χ1) is 13.5. The fourth-order valence-corrected chi connectivity index (χ4v) is 3.61. The van der Waals surface area contributed by atoms with Gasteiger partial charge in [0.05, 0.1) is 18.8 Å². The number of nitroso groups, excluding NO2 is 1. The van der Waals surface area contributed by atoms with Crippen molar-refractivity contribution in [2.45, 2.75) is 44.2 Å². The van der Waals surface area contributed by atoms with Crippen LogP contribution < -0.4 is 4.74 Å². The molecule has 0 spiro atoms. The van der Waals surface area contributed by atoms with Gasteiger partial charge in [-0.2, -0.15) is 4.91 Å². The Hall–Kier alpha value is -1.99. The van der Waals surface area contributed by atoms with Gasteiger partial charge in [0.1, 0.15) is 24.5 Å². The van der Waals surface area contributed by atoms with Crippen LogP contribution in [0.15, 0.2) is 47.6 Å². The van der Waals surface area contributed by atoms with E-state index >= 15 is 0 Å². The molecule has 1 saturated heterocycles. The topological polar surface area (TPSA) is 88.4 Å². The molecule has 1 aliphatic heterocycles. The lowest BCUT2D eigenvalue weighted by Gasteiger charge is -2.36. The van der Waals surface area contributed by atoms with Crippen LogP contribution in [0.3, 0.4) is 0 Å². The van der Waals surface area contributed by atoms with Gasteiger partial charge in [0.15, 0.2) is 0 Å². The second kappa shape index (κ2) is 9.47. The van der Waals surface area contributed by atoms with E-state index < -0.39 is 24.4 Å². The van der Waals surface area contributed by atoms with Crippen molar-refractivity contribution in [2.24, 2.45) is 5.18 Å². The van der Waals surface area contributed by atoms with E-state index in [0.29, 0.717) is 23.6 Å². The van der Waals surface area contributed by atoms with Gasteiger partial charge >= 0.3 is 0 Å². The van der Waals surface area contributed by atoms with E-state index in [4.69, 9.17) is 21.1 Å². The lowest BCUT2D eigenvalue weighted by atomic mass is 9.91. The highest BCUT2D eigenvalue weighted by Crippen LogP contribution is 2.34. The molecule has 0 bridgehead atoms. The van der Waals surface area contributed by atoms with Gasteiger partial charge in [0.25, 0.3) is 0 Å². The lowest BCUT2D eigenvalue weighted by Crippen LogP contribution is -2.44. The van der Waals surface area contributed by atoms with Gasteiger partial charge in [0.2, 0.25) is 0 Å². The SMILES string of the molecule is CCOc1ccc(Cc2cc(C3OC(CN=O)CC(O)C3O)ccc2Cl)cc1. The minimum Gasteiger partial charge on any atom is -0.494 e. The van der Waals surface area contributed by atoms with E-state index in [9.17, 15) is 15.1 Å². The third-order valence-corrected chi connectivity index (χ3v) is 5.22. The Morgan fingerprint density at radius 3 is 2.64 bits per heavy atom. The van der Waals surface area contributed by atoms with Crippen molar-refractivity contribution in [3.63, 3.8) is 0 Å². The van der Waals surface area contributed by atoms with Gasteiger partial charge in [-0.25, -0.2) is 0 Å². The molecule has 2 aromatic carbocycles. The zero-order valence-electron chi connectivity index (χ0n) is 15.6. The predicted octanol–water partition coefficient (Wildman–Crippen LogP) is 3.65. The number of hydrogen-bond acceptors (Lipinski definition) is 6. The van der Waals surface area contributed by atoms with Crippen LogP contribution in [0.5, 0.6) is 5.75 Å². The van der Waals surface area contributed by atoms with Gasteiger partial charge in [-0.05, 0) is 48.2 Å². The van der Waals surface area contributed by atoms with Crippen LogP contribution in [0, 0.1) is 4.91 Å². The monoisotopic (exact) mass is 405 g/mol. The second-order valence-corrected chi connectivity index (χ2v) is 7.30. The fourth-order valence-electron chi connectivity index (χ4n) is 3.43. The Morgan fingerprint density at radius 2 is 1.96 bits per heavy atom. The first-order valence-corrected chi connectivity index (χ1v) is 9.70. The minimum atomic E-state index is -1.08. The number of aliphatic hydroxyl groups excluding tert-OH is 2. The van der Waals surface area contributed by atoms with Crippen molar-refractivity contribution >= 4 is 11.6 Å². The van der Waals surface area contributed by atoms with E-state index in [1.54, 1.807) is 12.1 Å². The summed E-state index contributed by atoms with van der Waals surface area (Å²) in [6.07, 6.45) is -2.55. The van der Waals surface area contributed by atoms with E-state index in [1.807, 2.05) is 37.3 Å². The maximum Gasteiger partial charge on any atom is 0.119 e. The summed E-state index contributed by atoms with van der Waals surface area (Å²) in [5.41, 5.74) is 2.65. The van der Waals surface area contributed by atoms with Gasteiger partial charge < -0.3 is 19.7 Å². The van der Waals surface area contributed by atoms with Crippen LogP contribution in [0.25, 0.3) is 0 Å². The summed E-state index contributed by atoms with van der Waals surface area (Å²) in [5.74, 6) is 0.814. The molecule has 0 aromatic heterocycles. The maximum atomic E-state index is 10.6. The minimum absolute atomic E-state index is 0.0626. The van der Waals surface area contributed by atoms with E-state index in [1.165, 1.54) is 0 Å². The van der Waals surface area contributed by atoms with Gasteiger partial charge in [0, 0.05) is 11.4 Å². The molecule has 4 atom stereocenters. The van der Waals surface area contributed by atoms with Crippen molar-refractivity contribution in [1.82, 2.24) is 0 Å². The van der Waals surface area contributed by atoms with Gasteiger partial charge in [-0.1, -0.05) is 41.0 Å². The van der Waals surface area contributed by atoms with Crippen LogP contribution >= 0.6 is 11.6 Å². The third-order valence-electron chi connectivity index (χ3n) is 4.85. The molecule has 28 heavy (non-hydrogen) atoms. The van der Waals surface area contributed by atoms with Crippen LogP contribution in [0.2, 0.25) is 5.02 Å². The number of rotatable bonds is 7. The molecule has 6 nitrogen and oxygen atoms in total. The maximum absolute atomic E-state index is 10.6. The highest BCUT2D eigenvalue weighted by atomic mass is 35.5. The number of aliphatic hydroxyl groups is 2. The van der Waals surface area contributed by atoms with Crippen molar-refractivity contribution in [3.8, 4) is 5.75 Å².